The molecule has 0 spiro atoms. The minimum Gasteiger partial charge on any atom is -0.345 e. The van der Waals surface area contributed by atoms with E-state index in [-0.39, 0.29) is 29.7 Å². The van der Waals surface area contributed by atoms with Crippen LogP contribution in [0.1, 0.15) is 61.9 Å². The number of hydrogen-bond donors (Lipinski definition) is 3. The lowest BCUT2D eigenvalue weighted by molar-refractivity contribution is 0.0911. The quantitative estimate of drug-likeness (QED) is 0.744. The van der Waals surface area contributed by atoms with Gasteiger partial charge in [-0.15, -0.1) is 5.10 Å². The lowest BCUT2D eigenvalue weighted by Gasteiger charge is -2.28. The Morgan fingerprint density at radius 1 is 1.44 bits per heavy atom. The molecule has 1 saturated carbocycles. The first-order valence-corrected chi connectivity index (χ1v) is 6.56. The van der Waals surface area contributed by atoms with Crippen molar-refractivity contribution in [2.75, 3.05) is 0 Å². The number of H-pyrrole nitrogens is 1. The van der Waals surface area contributed by atoms with Crippen LogP contribution in [-0.2, 0) is 0 Å². The van der Waals surface area contributed by atoms with E-state index < -0.39 is 0 Å². The summed E-state index contributed by atoms with van der Waals surface area (Å²) in [6.07, 6.45) is 4.17. The van der Waals surface area contributed by atoms with Crippen LogP contribution in [0.25, 0.3) is 0 Å². The Bertz CT molecular complexity index is 414. The Labute approximate surface area is 107 Å². The number of amides is 1. The van der Waals surface area contributed by atoms with Crippen molar-refractivity contribution < 1.29 is 4.79 Å². The van der Waals surface area contributed by atoms with Gasteiger partial charge in [-0.3, -0.25) is 9.89 Å². The third-order valence-corrected chi connectivity index (χ3v) is 3.39. The summed E-state index contributed by atoms with van der Waals surface area (Å²) in [4.78, 5) is 16.2. The van der Waals surface area contributed by atoms with Crippen LogP contribution in [0.15, 0.2) is 0 Å². The molecule has 1 fully saturated rings. The predicted molar refractivity (Wildman–Crippen MR) is 68.2 cm³/mol. The standard InChI is InChI=1S/C12H21N5O/c1-7(2)10-15-11(17-16-10)12(18)14-9-6-4-3-5-8(9)13/h7-9H,3-6,13H2,1-2H3,(H,14,18)(H,15,16,17)/t8-,9-/m1/s1. The minimum atomic E-state index is -0.236. The van der Waals surface area contributed by atoms with Gasteiger partial charge in [0.05, 0.1) is 0 Å². The van der Waals surface area contributed by atoms with Gasteiger partial charge in [0.1, 0.15) is 5.82 Å². The molecule has 2 atom stereocenters. The van der Waals surface area contributed by atoms with E-state index in [2.05, 4.69) is 20.5 Å². The molecule has 1 aliphatic carbocycles. The van der Waals surface area contributed by atoms with Gasteiger partial charge in [0.25, 0.3) is 5.91 Å². The summed E-state index contributed by atoms with van der Waals surface area (Å²) in [5.74, 6) is 0.932. The molecule has 0 unspecified atom stereocenters. The average molecular weight is 251 g/mol. The van der Waals surface area contributed by atoms with E-state index in [0.717, 1.165) is 31.5 Å². The highest BCUT2D eigenvalue weighted by atomic mass is 16.2. The van der Waals surface area contributed by atoms with Gasteiger partial charge in [-0.25, -0.2) is 4.98 Å². The molecule has 18 heavy (non-hydrogen) atoms. The largest absolute Gasteiger partial charge is 0.345 e. The zero-order valence-electron chi connectivity index (χ0n) is 10.9. The molecule has 2 rings (SSSR count). The highest BCUT2D eigenvalue weighted by molar-refractivity contribution is 5.90. The number of nitrogens with zero attached hydrogens (tertiary/aromatic N) is 2. The number of nitrogens with one attached hydrogen (secondary N) is 2. The monoisotopic (exact) mass is 251 g/mol. The van der Waals surface area contributed by atoms with Gasteiger partial charge in [-0.05, 0) is 12.8 Å². The Balaban J connectivity index is 1.98. The summed E-state index contributed by atoms with van der Waals surface area (Å²) in [7, 11) is 0. The molecule has 6 nitrogen and oxygen atoms in total. The second-order valence-electron chi connectivity index (χ2n) is 5.23. The highest BCUT2D eigenvalue weighted by Gasteiger charge is 2.25. The van der Waals surface area contributed by atoms with Crippen LogP contribution in [0.4, 0.5) is 0 Å². The van der Waals surface area contributed by atoms with Crippen LogP contribution >= 0.6 is 0 Å². The lowest BCUT2D eigenvalue weighted by atomic mass is 9.91. The molecular weight excluding hydrogens is 230 g/mol. The van der Waals surface area contributed by atoms with Crippen LogP contribution in [0, 0.1) is 0 Å². The van der Waals surface area contributed by atoms with E-state index in [0.29, 0.717) is 0 Å². The van der Waals surface area contributed by atoms with Crippen molar-refractivity contribution >= 4 is 5.91 Å². The lowest BCUT2D eigenvalue weighted by Crippen LogP contribution is -2.49. The number of hydrogen-bond acceptors (Lipinski definition) is 4. The maximum absolute atomic E-state index is 12.0. The van der Waals surface area contributed by atoms with Crippen molar-refractivity contribution in [2.45, 2.75) is 57.5 Å². The van der Waals surface area contributed by atoms with Crippen molar-refractivity contribution in [1.82, 2.24) is 20.5 Å². The van der Waals surface area contributed by atoms with Gasteiger partial charge in [0, 0.05) is 18.0 Å². The van der Waals surface area contributed by atoms with Gasteiger partial charge in [-0.1, -0.05) is 26.7 Å². The van der Waals surface area contributed by atoms with Crippen LogP contribution in [0.2, 0.25) is 0 Å². The fourth-order valence-electron chi connectivity index (χ4n) is 2.21. The molecule has 1 aliphatic rings. The number of nitrogens with two attached hydrogens (primary N) is 1. The van der Waals surface area contributed by atoms with E-state index >= 15 is 0 Å². The Morgan fingerprint density at radius 3 is 2.78 bits per heavy atom. The van der Waals surface area contributed by atoms with Crippen molar-refractivity contribution in [2.24, 2.45) is 5.73 Å². The van der Waals surface area contributed by atoms with Crippen molar-refractivity contribution in [3.8, 4) is 0 Å². The molecular formula is C12H21N5O. The maximum Gasteiger partial charge on any atom is 0.291 e. The molecule has 0 radical (unpaired) electrons. The topological polar surface area (TPSA) is 96.7 Å². The Kier molecular flexibility index (Phi) is 3.96. The second-order valence-corrected chi connectivity index (χ2v) is 5.23. The molecule has 0 saturated heterocycles. The maximum atomic E-state index is 12.0. The molecule has 6 heteroatoms. The predicted octanol–water partition coefficient (Wildman–Crippen LogP) is 0.928. The highest BCUT2D eigenvalue weighted by Crippen LogP contribution is 2.17. The fraction of sp³-hybridized carbons (Fsp3) is 0.750. The SMILES string of the molecule is CC(C)c1nc(C(=O)N[C@@H]2CCCC[C@H]2N)n[nH]1. The van der Waals surface area contributed by atoms with Crippen LogP contribution in [0.3, 0.4) is 0 Å². The number of carbonyl (C=O) groups excluding carboxylic acids is 1. The number of aromatic amines is 1. The summed E-state index contributed by atoms with van der Waals surface area (Å²) >= 11 is 0. The molecule has 0 aliphatic heterocycles. The summed E-state index contributed by atoms with van der Waals surface area (Å²) in [5, 5.41) is 9.65. The third-order valence-electron chi connectivity index (χ3n) is 3.39. The summed E-state index contributed by atoms with van der Waals surface area (Å²) < 4.78 is 0. The fourth-order valence-corrected chi connectivity index (χ4v) is 2.21. The smallest absolute Gasteiger partial charge is 0.291 e. The first-order chi connectivity index (χ1) is 8.58. The van der Waals surface area contributed by atoms with Gasteiger partial charge >= 0.3 is 0 Å². The molecule has 1 amide bonds. The van der Waals surface area contributed by atoms with E-state index in [1.807, 2.05) is 13.8 Å². The van der Waals surface area contributed by atoms with Crippen molar-refractivity contribution in [3.63, 3.8) is 0 Å². The van der Waals surface area contributed by atoms with Crippen LogP contribution in [-0.4, -0.2) is 33.2 Å². The van der Waals surface area contributed by atoms with E-state index in [4.69, 9.17) is 5.73 Å². The summed E-state index contributed by atoms with van der Waals surface area (Å²) in [5.41, 5.74) is 6.00. The molecule has 1 heterocycles. The van der Waals surface area contributed by atoms with Crippen molar-refractivity contribution in [1.29, 1.82) is 0 Å². The Hall–Kier alpha value is -1.43. The number of aromatic nitrogens is 3. The second kappa shape index (κ2) is 5.48. The normalized spacial score (nSPS) is 24.2. The van der Waals surface area contributed by atoms with E-state index in [1.54, 1.807) is 0 Å². The molecule has 1 aromatic heterocycles. The van der Waals surface area contributed by atoms with Gasteiger partial charge < -0.3 is 11.1 Å². The molecule has 1 aromatic rings. The van der Waals surface area contributed by atoms with E-state index in [9.17, 15) is 4.79 Å². The molecule has 0 bridgehead atoms. The van der Waals surface area contributed by atoms with Gasteiger partial charge in [-0.2, -0.15) is 0 Å². The van der Waals surface area contributed by atoms with Crippen LogP contribution < -0.4 is 11.1 Å². The number of carbonyl (C=O) groups is 1. The Morgan fingerprint density at radius 2 is 2.17 bits per heavy atom. The van der Waals surface area contributed by atoms with Gasteiger partial charge in [0.15, 0.2) is 0 Å². The average Bonchev–Trinajstić information content (AvgIpc) is 2.81. The van der Waals surface area contributed by atoms with E-state index in [1.165, 1.54) is 0 Å². The zero-order valence-corrected chi connectivity index (χ0v) is 10.9. The van der Waals surface area contributed by atoms with Crippen molar-refractivity contribution in [3.05, 3.63) is 11.6 Å². The first kappa shape index (κ1) is 13.0. The number of rotatable bonds is 3. The zero-order chi connectivity index (χ0) is 13.1. The molecule has 0 aromatic carbocycles. The molecule has 4 N–H and O–H groups in total. The minimum absolute atomic E-state index is 0.0474. The van der Waals surface area contributed by atoms with Crippen LogP contribution in [0.5, 0.6) is 0 Å². The summed E-state index contributed by atoms with van der Waals surface area (Å²) in [6.45, 7) is 4.00. The third kappa shape index (κ3) is 2.87. The summed E-state index contributed by atoms with van der Waals surface area (Å²) in [6, 6.07) is 0.0958. The first-order valence-electron chi connectivity index (χ1n) is 6.56. The van der Waals surface area contributed by atoms with Gasteiger partial charge in [0.2, 0.25) is 5.82 Å². The molecule has 100 valence electrons.